The van der Waals surface area contributed by atoms with Crippen LogP contribution < -0.4 is 5.32 Å². The van der Waals surface area contributed by atoms with Gasteiger partial charge in [0.1, 0.15) is 0 Å². The summed E-state index contributed by atoms with van der Waals surface area (Å²) in [7, 11) is 0. The van der Waals surface area contributed by atoms with Crippen molar-refractivity contribution in [2.24, 2.45) is 11.3 Å². The maximum atomic E-state index is 3.72. The Kier molecular flexibility index (Phi) is 3.16. The van der Waals surface area contributed by atoms with Gasteiger partial charge >= 0.3 is 0 Å². The molecule has 1 N–H and O–H groups in total. The highest BCUT2D eigenvalue weighted by Gasteiger charge is 2.31. The van der Waals surface area contributed by atoms with Gasteiger partial charge in [-0.25, -0.2) is 0 Å². The summed E-state index contributed by atoms with van der Waals surface area (Å²) >= 11 is 0. The molecule has 1 nitrogen and oxygen atoms in total. The van der Waals surface area contributed by atoms with E-state index < -0.39 is 0 Å². The minimum absolute atomic E-state index is 0.630. The van der Waals surface area contributed by atoms with Crippen molar-refractivity contribution in [3.8, 4) is 0 Å². The Morgan fingerprint density at radius 3 is 2.29 bits per heavy atom. The fourth-order valence-electron chi connectivity index (χ4n) is 3.11. The molecule has 1 aliphatic carbocycles. The molecule has 1 aliphatic heterocycles. The summed E-state index contributed by atoms with van der Waals surface area (Å²) in [6.07, 6.45) is 10.1. The topological polar surface area (TPSA) is 12.0 Å². The average Bonchev–Trinajstić information content (AvgIpc) is 2.19. The molecule has 14 heavy (non-hydrogen) atoms. The second-order valence-corrected chi connectivity index (χ2v) is 6.06. The second-order valence-electron chi connectivity index (χ2n) is 6.06. The van der Waals surface area contributed by atoms with E-state index >= 15 is 0 Å². The van der Waals surface area contributed by atoms with Crippen LogP contribution in [-0.4, -0.2) is 12.6 Å². The van der Waals surface area contributed by atoms with Gasteiger partial charge in [-0.15, -0.1) is 0 Å². The highest BCUT2D eigenvalue weighted by atomic mass is 14.9. The fraction of sp³-hybridized carbons (Fsp3) is 1.00. The Bertz CT molecular complexity index is 170. The van der Waals surface area contributed by atoms with Crippen LogP contribution in [0.1, 0.15) is 58.8 Å². The highest BCUT2D eigenvalue weighted by molar-refractivity contribution is 4.86. The summed E-state index contributed by atoms with van der Waals surface area (Å²) in [5.74, 6) is 0.989. The van der Waals surface area contributed by atoms with Gasteiger partial charge in [-0.05, 0) is 56.4 Å². The summed E-state index contributed by atoms with van der Waals surface area (Å²) in [6, 6.07) is 0.861. The van der Waals surface area contributed by atoms with Crippen molar-refractivity contribution in [3.05, 3.63) is 0 Å². The molecule has 1 atom stereocenters. The number of piperidine rings is 1. The first-order valence-electron chi connectivity index (χ1n) is 6.41. The zero-order chi connectivity index (χ0) is 10.0. The monoisotopic (exact) mass is 195 g/mol. The molecule has 0 aromatic rings. The van der Waals surface area contributed by atoms with Crippen molar-refractivity contribution in [1.29, 1.82) is 0 Å². The van der Waals surface area contributed by atoms with Gasteiger partial charge in [-0.2, -0.15) is 0 Å². The van der Waals surface area contributed by atoms with Gasteiger partial charge in [-0.3, -0.25) is 0 Å². The van der Waals surface area contributed by atoms with Gasteiger partial charge in [0, 0.05) is 6.04 Å². The summed E-state index contributed by atoms with van der Waals surface area (Å²) in [5, 5.41) is 3.72. The standard InChI is InChI=1S/C13H25N/c1-13(2)8-6-11(7-9-13)12-5-3-4-10-14-12/h11-12,14H,3-10H2,1-2H3. The number of hydrogen-bond acceptors (Lipinski definition) is 1. The Labute approximate surface area is 88.7 Å². The van der Waals surface area contributed by atoms with Crippen LogP contribution >= 0.6 is 0 Å². The number of hydrogen-bond donors (Lipinski definition) is 1. The van der Waals surface area contributed by atoms with Crippen LogP contribution in [0.15, 0.2) is 0 Å². The third kappa shape index (κ3) is 2.50. The van der Waals surface area contributed by atoms with Gasteiger partial charge in [0.25, 0.3) is 0 Å². The molecule has 1 heteroatoms. The van der Waals surface area contributed by atoms with Crippen molar-refractivity contribution >= 4 is 0 Å². The highest BCUT2D eigenvalue weighted by Crippen LogP contribution is 2.40. The van der Waals surface area contributed by atoms with E-state index in [1.54, 1.807) is 0 Å². The molecule has 1 saturated heterocycles. The third-order valence-electron chi connectivity index (χ3n) is 4.30. The van der Waals surface area contributed by atoms with Gasteiger partial charge in [0.15, 0.2) is 0 Å². The lowest BCUT2D eigenvalue weighted by Crippen LogP contribution is -2.42. The van der Waals surface area contributed by atoms with Gasteiger partial charge in [-0.1, -0.05) is 20.3 Å². The smallest absolute Gasteiger partial charge is 0.00953 e. The minimum atomic E-state index is 0.630. The fourth-order valence-corrected chi connectivity index (χ4v) is 3.11. The third-order valence-corrected chi connectivity index (χ3v) is 4.30. The first kappa shape index (κ1) is 10.5. The molecule has 2 fully saturated rings. The van der Waals surface area contributed by atoms with Gasteiger partial charge in [0.2, 0.25) is 0 Å². The van der Waals surface area contributed by atoms with E-state index in [0.29, 0.717) is 5.41 Å². The maximum Gasteiger partial charge on any atom is 0.00953 e. The van der Waals surface area contributed by atoms with Crippen LogP contribution in [-0.2, 0) is 0 Å². The Balaban J connectivity index is 1.82. The molecule has 2 rings (SSSR count). The molecule has 2 aliphatic rings. The molecular weight excluding hydrogens is 170 g/mol. The Hall–Kier alpha value is -0.0400. The maximum absolute atomic E-state index is 3.72. The van der Waals surface area contributed by atoms with Crippen LogP contribution in [0.4, 0.5) is 0 Å². The second kappa shape index (κ2) is 4.22. The molecule has 0 aromatic heterocycles. The van der Waals surface area contributed by atoms with Crippen LogP contribution in [0.5, 0.6) is 0 Å². The minimum Gasteiger partial charge on any atom is -0.314 e. The molecule has 1 saturated carbocycles. The van der Waals surface area contributed by atoms with E-state index in [4.69, 9.17) is 0 Å². The van der Waals surface area contributed by atoms with E-state index in [1.165, 1.54) is 51.5 Å². The van der Waals surface area contributed by atoms with E-state index in [2.05, 4.69) is 19.2 Å². The Morgan fingerprint density at radius 1 is 1.00 bits per heavy atom. The number of nitrogens with one attached hydrogen (secondary N) is 1. The summed E-state index contributed by atoms with van der Waals surface area (Å²) < 4.78 is 0. The number of rotatable bonds is 1. The molecule has 0 spiro atoms. The lowest BCUT2D eigenvalue weighted by atomic mass is 9.70. The van der Waals surface area contributed by atoms with E-state index in [1.807, 2.05) is 0 Å². The first-order valence-corrected chi connectivity index (χ1v) is 6.41. The van der Waals surface area contributed by atoms with Crippen LogP contribution in [0.25, 0.3) is 0 Å². The molecular formula is C13H25N. The van der Waals surface area contributed by atoms with Gasteiger partial charge in [0.05, 0.1) is 0 Å². The van der Waals surface area contributed by atoms with Crippen molar-refractivity contribution in [2.75, 3.05) is 6.54 Å². The molecule has 0 radical (unpaired) electrons. The van der Waals surface area contributed by atoms with E-state index in [-0.39, 0.29) is 0 Å². The van der Waals surface area contributed by atoms with Crippen LogP contribution in [0, 0.1) is 11.3 Å². The van der Waals surface area contributed by atoms with Crippen molar-refractivity contribution < 1.29 is 0 Å². The predicted molar refractivity (Wildman–Crippen MR) is 61.4 cm³/mol. The van der Waals surface area contributed by atoms with E-state index in [0.717, 1.165) is 12.0 Å². The predicted octanol–water partition coefficient (Wildman–Crippen LogP) is 3.34. The van der Waals surface area contributed by atoms with Crippen LogP contribution in [0.2, 0.25) is 0 Å². The summed E-state index contributed by atoms with van der Waals surface area (Å²) in [5.41, 5.74) is 0.630. The largest absolute Gasteiger partial charge is 0.314 e. The summed E-state index contributed by atoms with van der Waals surface area (Å²) in [4.78, 5) is 0. The average molecular weight is 195 g/mol. The normalized spacial score (nSPS) is 34.3. The lowest BCUT2D eigenvalue weighted by molar-refractivity contribution is 0.149. The van der Waals surface area contributed by atoms with Gasteiger partial charge < -0.3 is 5.32 Å². The molecule has 82 valence electrons. The lowest BCUT2D eigenvalue weighted by Gasteiger charge is -2.39. The zero-order valence-electron chi connectivity index (χ0n) is 9.81. The molecule has 0 amide bonds. The molecule has 1 heterocycles. The summed E-state index contributed by atoms with van der Waals surface area (Å²) in [6.45, 7) is 6.12. The quantitative estimate of drug-likeness (QED) is 0.676. The molecule has 1 unspecified atom stereocenters. The van der Waals surface area contributed by atoms with E-state index in [9.17, 15) is 0 Å². The van der Waals surface area contributed by atoms with Crippen LogP contribution in [0.3, 0.4) is 0 Å². The molecule has 0 bridgehead atoms. The molecule has 0 aromatic carbocycles. The zero-order valence-corrected chi connectivity index (χ0v) is 9.81. The SMILES string of the molecule is CC1(C)CCC(C2CCCCN2)CC1. The Morgan fingerprint density at radius 2 is 1.71 bits per heavy atom. The van der Waals surface area contributed by atoms with Crippen molar-refractivity contribution in [2.45, 2.75) is 64.8 Å². The first-order chi connectivity index (χ1) is 6.67. The van der Waals surface area contributed by atoms with Crippen molar-refractivity contribution in [1.82, 2.24) is 5.32 Å². The van der Waals surface area contributed by atoms with Crippen molar-refractivity contribution in [3.63, 3.8) is 0 Å².